The summed E-state index contributed by atoms with van der Waals surface area (Å²) in [6, 6.07) is 6.26. The van der Waals surface area contributed by atoms with E-state index in [2.05, 4.69) is 4.42 Å². The summed E-state index contributed by atoms with van der Waals surface area (Å²) < 4.78 is 4.63. The van der Waals surface area contributed by atoms with E-state index in [0.29, 0.717) is 5.39 Å². The summed E-state index contributed by atoms with van der Waals surface area (Å²) in [5.74, 6) is 0.0704. The predicted octanol–water partition coefficient (Wildman–Crippen LogP) is 1.50. The van der Waals surface area contributed by atoms with Crippen LogP contribution < -0.4 is 5.63 Å². The molecular formula is C9H6O3. The number of aromatic hydroxyl groups is 1. The van der Waals surface area contributed by atoms with Gasteiger partial charge in [0.25, 0.3) is 0 Å². The van der Waals surface area contributed by atoms with Gasteiger partial charge in [-0.1, -0.05) is 6.07 Å². The number of phenols is 1. The summed E-state index contributed by atoms with van der Waals surface area (Å²) in [6.45, 7) is 0. The molecule has 0 bridgehead atoms. The van der Waals surface area contributed by atoms with Crippen LogP contribution in [-0.4, -0.2) is 5.11 Å². The molecule has 0 aliphatic rings. The standard InChI is InChI=1S/C9H6O3/c10-7-2-1-6-3-4-12-9(11)8(6)5-7/h1-5,10H. The second-order valence-corrected chi connectivity index (χ2v) is 2.48. The molecule has 0 atom stereocenters. The molecule has 1 aromatic heterocycles. The van der Waals surface area contributed by atoms with Crippen LogP contribution in [0.4, 0.5) is 0 Å². The number of hydrogen-bond acceptors (Lipinski definition) is 3. The zero-order chi connectivity index (χ0) is 8.55. The van der Waals surface area contributed by atoms with E-state index in [1.807, 2.05) is 0 Å². The monoisotopic (exact) mass is 162 g/mol. The number of fused-ring (bicyclic) bond motifs is 1. The van der Waals surface area contributed by atoms with Crippen LogP contribution in [0.15, 0.2) is 39.7 Å². The molecule has 0 radical (unpaired) electrons. The third kappa shape index (κ3) is 0.955. The Morgan fingerprint density at radius 3 is 2.92 bits per heavy atom. The lowest BCUT2D eigenvalue weighted by molar-refractivity contribution is 0.475. The Hall–Kier alpha value is -1.77. The molecule has 0 spiro atoms. The van der Waals surface area contributed by atoms with Gasteiger partial charge >= 0.3 is 5.63 Å². The van der Waals surface area contributed by atoms with Crippen molar-refractivity contribution in [3.05, 3.63) is 40.9 Å². The fraction of sp³-hybridized carbons (Fsp3) is 0. The van der Waals surface area contributed by atoms with Crippen LogP contribution in [0.2, 0.25) is 0 Å². The SMILES string of the molecule is O=c1occc2ccc(O)cc12. The van der Waals surface area contributed by atoms with E-state index in [9.17, 15) is 4.79 Å². The van der Waals surface area contributed by atoms with Crippen molar-refractivity contribution in [1.29, 1.82) is 0 Å². The minimum absolute atomic E-state index is 0.0704. The van der Waals surface area contributed by atoms with E-state index in [1.165, 1.54) is 18.4 Å². The smallest absolute Gasteiger partial charge is 0.343 e. The molecule has 0 saturated heterocycles. The van der Waals surface area contributed by atoms with E-state index >= 15 is 0 Å². The highest BCUT2D eigenvalue weighted by molar-refractivity contribution is 5.82. The summed E-state index contributed by atoms with van der Waals surface area (Å²) in [5.41, 5.74) is -0.427. The molecule has 12 heavy (non-hydrogen) atoms. The van der Waals surface area contributed by atoms with E-state index in [0.717, 1.165) is 5.39 Å². The number of hydrogen-bond donors (Lipinski definition) is 1. The molecule has 2 rings (SSSR count). The lowest BCUT2D eigenvalue weighted by atomic mass is 10.2. The highest BCUT2D eigenvalue weighted by Crippen LogP contribution is 2.15. The summed E-state index contributed by atoms with van der Waals surface area (Å²) in [4.78, 5) is 11.1. The first-order valence-corrected chi connectivity index (χ1v) is 3.48. The highest BCUT2D eigenvalue weighted by atomic mass is 16.4. The highest BCUT2D eigenvalue weighted by Gasteiger charge is 1.98. The Balaban J connectivity index is 2.98. The van der Waals surface area contributed by atoms with Crippen LogP contribution in [0.1, 0.15) is 0 Å². The first-order chi connectivity index (χ1) is 5.77. The Morgan fingerprint density at radius 2 is 2.08 bits per heavy atom. The van der Waals surface area contributed by atoms with Crippen LogP contribution in [-0.2, 0) is 0 Å². The fourth-order valence-corrected chi connectivity index (χ4v) is 1.10. The molecule has 0 fully saturated rings. The second kappa shape index (κ2) is 2.37. The van der Waals surface area contributed by atoms with Gasteiger partial charge in [-0.2, -0.15) is 0 Å². The maximum atomic E-state index is 11.1. The van der Waals surface area contributed by atoms with Crippen molar-refractivity contribution in [3.63, 3.8) is 0 Å². The normalized spacial score (nSPS) is 10.3. The third-order valence-corrected chi connectivity index (χ3v) is 1.68. The topological polar surface area (TPSA) is 50.4 Å². The first kappa shape index (κ1) is 6.91. The molecular weight excluding hydrogens is 156 g/mol. The average Bonchev–Trinajstić information content (AvgIpc) is 2.07. The molecule has 3 nitrogen and oxygen atoms in total. The van der Waals surface area contributed by atoms with Gasteiger partial charge < -0.3 is 9.52 Å². The molecule has 0 saturated carbocycles. The van der Waals surface area contributed by atoms with Crippen molar-refractivity contribution in [1.82, 2.24) is 0 Å². The molecule has 0 aliphatic heterocycles. The molecule has 0 amide bonds. The van der Waals surface area contributed by atoms with Gasteiger partial charge in [0.15, 0.2) is 0 Å². The first-order valence-electron chi connectivity index (χ1n) is 3.48. The van der Waals surface area contributed by atoms with Gasteiger partial charge in [0.1, 0.15) is 5.75 Å². The number of benzene rings is 1. The average molecular weight is 162 g/mol. The number of rotatable bonds is 0. The van der Waals surface area contributed by atoms with Crippen LogP contribution in [0, 0.1) is 0 Å². The van der Waals surface area contributed by atoms with E-state index < -0.39 is 5.63 Å². The van der Waals surface area contributed by atoms with E-state index in [4.69, 9.17) is 5.11 Å². The molecule has 1 N–H and O–H groups in total. The Kier molecular flexibility index (Phi) is 1.37. The molecule has 0 unspecified atom stereocenters. The largest absolute Gasteiger partial charge is 0.508 e. The van der Waals surface area contributed by atoms with Crippen LogP contribution >= 0.6 is 0 Å². The molecule has 1 heterocycles. The third-order valence-electron chi connectivity index (χ3n) is 1.68. The Bertz CT molecular complexity index is 470. The maximum Gasteiger partial charge on any atom is 0.343 e. The lowest BCUT2D eigenvalue weighted by Gasteiger charge is -1.94. The summed E-state index contributed by atoms with van der Waals surface area (Å²) in [6.07, 6.45) is 1.34. The van der Waals surface area contributed by atoms with Gasteiger partial charge in [0.05, 0.1) is 11.6 Å². The van der Waals surface area contributed by atoms with Crippen molar-refractivity contribution in [2.45, 2.75) is 0 Å². The van der Waals surface area contributed by atoms with Gasteiger partial charge in [0.2, 0.25) is 0 Å². The minimum atomic E-state index is -0.427. The lowest BCUT2D eigenvalue weighted by Crippen LogP contribution is -1.96. The second-order valence-electron chi connectivity index (χ2n) is 2.48. The van der Waals surface area contributed by atoms with Crippen molar-refractivity contribution in [3.8, 4) is 5.75 Å². The molecule has 2 aromatic rings. The van der Waals surface area contributed by atoms with Crippen LogP contribution in [0.5, 0.6) is 5.75 Å². The fourth-order valence-electron chi connectivity index (χ4n) is 1.10. The summed E-state index contributed by atoms with van der Waals surface area (Å²) in [7, 11) is 0. The zero-order valence-electron chi connectivity index (χ0n) is 6.15. The van der Waals surface area contributed by atoms with Crippen molar-refractivity contribution in [2.75, 3.05) is 0 Å². The Labute approximate surface area is 67.9 Å². The van der Waals surface area contributed by atoms with Crippen LogP contribution in [0.25, 0.3) is 10.8 Å². The minimum Gasteiger partial charge on any atom is -0.508 e. The molecule has 0 aliphatic carbocycles. The molecule has 3 heteroatoms. The number of phenolic OH excluding ortho intramolecular Hbond substituents is 1. The van der Waals surface area contributed by atoms with Crippen molar-refractivity contribution >= 4 is 10.8 Å². The van der Waals surface area contributed by atoms with Crippen molar-refractivity contribution < 1.29 is 9.52 Å². The molecule has 1 aromatic carbocycles. The summed E-state index contributed by atoms with van der Waals surface area (Å²) in [5, 5.41) is 10.2. The van der Waals surface area contributed by atoms with Gasteiger partial charge in [-0.3, -0.25) is 0 Å². The van der Waals surface area contributed by atoms with Crippen molar-refractivity contribution in [2.24, 2.45) is 0 Å². The van der Waals surface area contributed by atoms with Gasteiger partial charge in [-0.05, 0) is 23.6 Å². The zero-order valence-corrected chi connectivity index (χ0v) is 6.15. The maximum absolute atomic E-state index is 11.1. The van der Waals surface area contributed by atoms with Gasteiger partial charge in [0, 0.05) is 0 Å². The summed E-state index contributed by atoms with van der Waals surface area (Å²) >= 11 is 0. The van der Waals surface area contributed by atoms with E-state index in [-0.39, 0.29) is 5.75 Å². The van der Waals surface area contributed by atoms with E-state index in [1.54, 1.807) is 12.1 Å². The molecule has 60 valence electrons. The Morgan fingerprint density at radius 1 is 1.25 bits per heavy atom. The predicted molar refractivity (Wildman–Crippen MR) is 44.1 cm³/mol. The quantitative estimate of drug-likeness (QED) is 0.638. The van der Waals surface area contributed by atoms with Gasteiger partial charge in [-0.15, -0.1) is 0 Å². The van der Waals surface area contributed by atoms with Gasteiger partial charge in [-0.25, -0.2) is 4.79 Å². The van der Waals surface area contributed by atoms with Crippen LogP contribution in [0.3, 0.4) is 0 Å².